The Morgan fingerprint density at radius 2 is 1.68 bits per heavy atom. The van der Waals surface area contributed by atoms with Crippen molar-refractivity contribution >= 4 is 11.6 Å². The Kier molecular flexibility index (Phi) is 5.14. The third-order valence-electron chi connectivity index (χ3n) is 8.39. The Morgan fingerprint density at radius 3 is 2.34 bits per heavy atom. The number of ketones is 2. The number of hydrogen-bond acceptors (Lipinski definition) is 11. The van der Waals surface area contributed by atoms with Crippen LogP contribution >= 0.6 is 0 Å². The van der Waals surface area contributed by atoms with Crippen molar-refractivity contribution in [3.05, 3.63) is 51.1 Å². The van der Waals surface area contributed by atoms with Gasteiger partial charge in [-0.25, -0.2) is 0 Å². The van der Waals surface area contributed by atoms with Gasteiger partial charge in [0.2, 0.25) is 12.1 Å². The van der Waals surface area contributed by atoms with Crippen LogP contribution in [0.4, 0.5) is 0 Å². The maximum atomic E-state index is 14.0. The smallest absolute Gasteiger partial charge is 0.228 e. The maximum Gasteiger partial charge on any atom is 0.228 e. The molecule has 6 rings (SSSR count). The van der Waals surface area contributed by atoms with Gasteiger partial charge in [-0.05, 0) is 45.6 Å². The van der Waals surface area contributed by atoms with E-state index in [4.69, 9.17) is 9.47 Å². The predicted octanol–water partition coefficient (Wildman–Crippen LogP) is 0.220. The van der Waals surface area contributed by atoms with E-state index in [0.29, 0.717) is 5.56 Å². The molecule has 2 aliphatic carbocycles. The summed E-state index contributed by atoms with van der Waals surface area (Å²) in [7, 11) is 3.35. The second-order valence-electron chi connectivity index (χ2n) is 11.4. The van der Waals surface area contributed by atoms with E-state index in [9.17, 15) is 40.2 Å². The number of aliphatic hydroxyl groups is 4. The Balaban J connectivity index is 1.58. The SMILES string of the molecule is CN(C)[C@H]1[C@H](O)[C@@H]2Oc3c(cc(O)c4c3C(=O)c3cc5c(c(O)c3C4=O)[C@@H](O)C[C@](C)(O)C5)[C@@](C)(O2)[C@@H]1O. The quantitative estimate of drug-likeness (QED) is 0.255. The lowest BCUT2D eigenvalue weighted by Gasteiger charge is -2.53. The van der Waals surface area contributed by atoms with Crippen LogP contribution in [-0.2, 0) is 16.8 Å². The number of fused-ring (bicyclic) bond motifs is 8. The topological polar surface area (TPSA) is 177 Å². The zero-order chi connectivity index (χ0) is 27.6. The average Bonchev–Trinajstić information content (AvgIpc) is 2.80. The lowest BCUT2D eigenvalue weighted by Crippen LogP contribution is -2.68. The molecule has 7 atom stereocenters. The molecule has 2 heterocycles. The number of carbonyl (C=O) groups is 2. The van der Waals surface area contributed by atoms with E-state index in [1.54, 1.807) is 25.9 Å². The second-order valence-corrected chi connectivity index (χ2v) is 11.4. The van der Waals surface area contributed by atoms with E-state index in [2.05, 4.69) is 0 Å². The van der Waals surface area contributed by atoms with Crippen molar-refractivity contribution in [1.29, 1.82) is 0 Å². The highest BCUT2D eigenvalue weighted by Crippen LogP contribution is 2.54. The van der Waals surface area contributed by atoms with Gasteiger partial charge in [-0.15, -0.1) is 0 Å². The van der Waals surface area contributed by atoms with E-state index in [1.165, 1.54) is 19.1 Å². The molecule has 11 nitrogen and oxygen atoms in total. The van der Waals surface area contributed by atoms with Crippen LogP contribution in [0.15, 0.2) is 12.1 Å². The van der Waals surface area contributed by atoms with Crippen molar-refractivity contribution in [2.24, 2.45) is 0 Å². The van der Waals surface area contributed by atoms with Gasteiger partial charge >= 0.3 is 0 Å². The van der Waals surface area contributed by atoms with E-state index >= 15 is 0 Å². The Labute approximate surface area is 217 Å². The van der Waals surface area contributed by atoms with Gasteiger partial charge in [-0.1, -0.05) is 0 Å². The van der Waals surface area contributed by atoms with Crippen LogP contribution in [0.25, 0.3) is 0 Å². The average molecular weight is 528 g/mol. The molecule has 11 heteroatoms. The fourth-order valence-corrected chi connectivity index (χ4v) is 6.59. The highest BCUT2D eigenvalue weighted by Gasteiger charge is 2.59. The normalized spacial score (nSPS) is 35.2. The summed E-state index contributed by atoms with van der Waals surface area (Å²) in [6.45, 7) is 3.08. The minimum Gasteiger partial charge on any atom is -0.507 e. The number of hydrogen-bond donors (Lipinski definition) is 6. The Bertz CT molecular complexity index is 1430. The summed E-state index contributed by atoms with van der Waals surface area (Å²) < 4.78 is 11.8. The molecule has 38 heavy (non-hydrogen) atoms. The highest BCUT2D eigenvalue weighted by molar-refractivity contribution is 6.31. The van der Waals surface area contributed by atoms with Gasteiger partial charge in [0.05, 0.1) is 34.4 Å². The molecule has 2 aliphatic heterocycles. The van der Waals surface area contributed by atoms with Gasteiger partial charge in [0.25, 0.3) is 0 Å². The molecule has 0 aromatic heterocycles. The van der Waals surface area contributed by atoms with E-state index in [-0.39, 0.29) is 46.4 Å². The van der Waals surface area contributed by atoms with Gasteiger partial charge in [0, 0.05) is 29.5 Å². The van der Waals surface area contributed by atoms with Gasteiger partial charge in [-0.3, -0.25) is 9.59 Å². The molecule has 202 valence electrons. The van der Waals surface area contributed by atoms with Gasteiger partial charge in [0.15, 0.2) is 5.78 Å². The van der Waals surface area contributed by atoms with Gasteiger partial charge < -0.3 is 45.0 Å². The number of nitrogens with zero attached hydrogens (tertiary/aromatic N) is 1. The standard InChI is InChI=1S/C27H29NO10/c1-26(36)7-9-5-10-15(20(32)14(9)13(30)8-26)21(33)16-12(29)6-11-23(17(16)19(10)31)37-25-22(34)18(28(3)4)24(35)27(11,2)38-25/h5-6,13,18,22,24-25,29-30,32,34-36H,7-8H2,1-4H3/t13-,18-,22-,24+,25+,26+,27+/m0/s1. The van der Waals surface area contributed by atoms with Gasteiger partial charge in [0.1, 0.15) is 35.1 Å². The van der Waals surface area contributed by atoms with Gasteiger partial charge in [-0.2, -0.15) is 0 Å². The third kappa shape index (κ3) is 3.11. The lowest BCUT2D eigenvalue weighted by molar-refractivity contribution is -0.311. The summed E-state index contributed by atoms with van der Waals surface area (Å²) in [4.78, 5) is 29.3. The molecule has 6 N–H and O–H groups in total. The first kappa shape index (κ1) is 25.2. The number of likely N-dealkylation sites (N-methyl/N-ethyl adjacent to an activating group) is 1. The maximum absolute atomic E-state index is 14.0. The van der Waals surface area contributed by atoms with Crippen molar-refractivity contribution in [2.75, 3.05) is 14.1 Å². The van der Waals surface area contributed by atoms with Crippen LogP contribution in [0, 0.1) is 0 Å². The number of carbonyl (C=O) groups excluding carboxylic acids is 2. The first-order valence-electron chi connectivity index (χ1n) is 12.3. The Morgan fingerprint density at radius 1 is 1.00 bits per heavy atom. The molecule has 0 saturated carbocycles. The number of ether oxygens (including phenoxy) is 2. The lowest BCUT2D eigenvalue weighted by atomic mass is 9.72. The second kappa shape index (κ2) is 7.75. The van der Waals surface area contributed by atoms with Crippen LogP contribution in [0.1, 0.15) is 74.9 Å². The number of phenols is 2. The number of phenolic OH excluding ortho intramolecular Hbond substituents is 2. The molecular weight excluding hydrogens is 498 g/mol. The number of aliphatic hydroxyl groups excluding tert-OH is 3. The van der Waals surface area contributed by atoms with E-state index < -0.39 is 70.5 Å². The summed E-state index contributed by atoms with van der Waals surface area (Å²) in [6, 6.07) is 1.76. The minimum absolute atomic E-state index is 0.0293. The fraction of sp³-hybridized carbons (Fsp3) is 0.481. The fourth-order valence-electron chi connectivity index (χ4n) is 6.59. The third-order valence-corrected chi connectivity index (χ3v) is 8.39. The van der Waals surface area contributed by atoms with Crippen LogP contribution < -0.4 is 4.74 Å². The summed E-state index contributed by atoms with van der Waals surface area (Å²) in [6.07, 6.45) is -5.22. The number of rotatable bonds is 1. The number of benzene rings is 2. The molecule has 2 aromatic carbocycles. The Hall–Kier alpha value is -3.06. The molecule has 0 unspecified atom stereocenters. The summed E-state index contributed by atoms with van der Waals surface area (Å²) >= 11 is 0. The summed E-state index contributed by atoms with van der Waals surface area (Å²) in [5.41, 5.74) is -3.51. The predicted molar refractivity (Wildman–Crippen MR) is 129 cm³/mol. The molecule has 1 fully saturated rings. The first-order chi connectivity index (χ1) is 17.7. The van der Waals surface area contributed by atoms with Crippen LogP contribution in [0.3, 0.4) is 0 Å². The van der Waals surface area contributed by atoms with Crippen molar-refractivity contribution < 1.29 is 49.7 Å². The number of aromatic hydroxyl groups is 2. The van der Waals surface area contributed by atoms with Crippen molar-refractivity contribution in [3.8, 4) is 17.2 Å². The first-order valence-corrected chi connectivity index (χ1v) is 12.3. The molecule has 0 radical (unpaired) electrons. The largest absolute Gasteiger partial charge is 0.507 e. The molecule has 0 spiro atoms. The molecule has 4 aliphatic rings. The van der Waals surface area contributed by atoms with E-state index in [1.807, 2.05) is 0 Å². The van der Waals surface area contributed by atoms with E-state index in [0.717, 1.165) is 0 Å². The summed E-state index contributed by atoms with van der Waals surface area (Å²) in [5, 5.41) is 65.4. The molecule has 0 amide bonds. The zero-order valence-electron chi connectivity index (χ0n) is 21.2. The van der Waals surface area contributed by atoms with Crippen LogP contribution in [-0.4, -0.2) is 91.3 Å². The van der Waals surface area contributed by atoms with Crippen molar-refractivity contribution in [1.82, 2.24) is 4.90 Å². The summed E-state index contributed by atoms with van der Waals surface area (Å²) in [5.74, 6) is -2.85. The van der Waals surface area contributed by atoms with Crippen molar-refractivity contribution in [2.45, 2.75) is 68.5 Å². The highest BCUT2D eigenvalue weighted by atomic mass is 16.7. The molecule has 2 bridgehead atoms. The van der Waals surface area contributed by atoms with Crippen molar-refractivity contribution in [3.63, 3.8) is 0 Å². The zero-order valence-corrected chi connectivity index (χ0v) is 21.2. The monoisotopic (exact) mass is 527 g/mol. The van der Waals surface area contributed by atoms with Crippen LogP contribution in [0.2, 0.25) is 0 Å². The molecular formula is C27H29NO10. The molecule has 2 aromatic rings. The minimum atomic E-state index is -1.51. The van der Waals surface area contributed by atoms with Crippen LogP contribution in [0.5, 0.6) is 17.2 Å². The molecule has 1 saturated heterocycles.